The number of hydrogen-bond acceptors (Lipinski definition) is 5. The maximum Gasteiger partial charge on any atom is 0.312 e. The van der Waals surface area contributed by atoms with E-state index in [2.05, 4.69) is 5.32 Å². The number of halogens is 2. The van der Waals surface area contributed by atoms with Gasteiger partial charge >= 0.3 is 5.69 Å². The first-order chi connectivity index (χ1) is 11.4. The SMILES string of the molecule is CNCC1CCCN(C(=O)C(C)Oc2ccc(Cl)cc2[N+](=O)[O-])C1.Cl. The molecule has 1 heterocycles. The van der Waals surface area contributed by atoms with Crippen molar-refractivity contribution in [3.63, 3.8) is 0 Å². The van der Waals surface area contributed by atoms with E-state index >= 15 is 0 Å². The molecule has 2 unspecified atom stereocenters. The molecule has 1 fully saturated rings. The standard InChI is InChI=1S/C16H22ClN3O4.ClH/c1-11(16(21)19-7-3-4-12(10-19)9-18-2)24-15-6-5-13(17)8-14(15)20(22)23;/h5-6,8,11-12,18H,3-4,7,9-10H2,1-2H3;1H. The van der Waals surface area contributed by atoms with E-state index in [1.54, 1.807) is 11.8 Å². The quantitative estimate of drug-likeness (QED) is 0.595. The number of carbonyl (C=O) groups is 1. The minimum absolute atomic E-state index is 0. The number of rotatable bonds is 6. The van der Waals surface area contributed by atoms with E-state index in [9.17, 15) is 14.9 Å². The van der Waals surface area contributed by atoms with Gasteiger partial charge in [0.25, 0.3) is 5.91 Å². The molecule has 0 aromatic heterocycles. The van der Waals surface area contributed by atoms with E-state index in [4.69, 9.17) is 16.3 Å². The van der Waals surface area contributed by atoms with Gasteiger partial charge in [0.15, 0.2) is 11.9 Å². The van der Waals surface area contributed by atoms with Crippen LogP contribution in [-0.2, 0) is 4.79 Å². The largest absolute Gasteiger partial charge is 0.474 e. The zero-order valence-corrected chi connectivity index (χ0v) is 15.8. The number of benzene rings is 1. The summed E-state index contributed by atoms with van der Waals surface area (Å²) in [7, 11) is 1.90. The summed E-state index contributed by atoms with van der Waals surface area (Å²) in [6.07, 6.45) is 1.24. The van der Waals surface area contributed by atoms with Crippen LogP contribution in [-0.4, -0.2) is 48.5 Å². The number of amides is 1. The summed E-state index contributed by atoms with van der Waals surface area (Å²) in [4.78, 5) is 24.9. The summed E-state index contributed by atoms with van der Waals surface area (Å²) in [5.74, 6) is 0.318. The minimum atomic E-state index is -0.793. The van der Waals surface area contributed by atoms with Crippen molar-refractivity contribution in [1.29, 1.82) is 0 Å². The molecule has 2 rings (SSSR count). The van der Waals surface area contributed by atoms with E-state index in [-0.39, 0.29) is 34.8 Å². The van der Waals surface area contributed by atoms with Crippen molar-refractivity contribution >= 4 is 35.6 Å². The highest BCUT2D eigenvalue weighted by Crippen LogP contribution is 2.31. The van der Waals surface area contributed by atoms with Crippen molar-refractivity contribution in [2.75, 3.05) is 26.7 Å². The molecule has 1 aliphatic heterocycles. The Morgan fingerprint density at radius 3 is 2.92 bits per heavy atom. The van der Waals surface area contributed by atoms with Crippen LogP contribution < -0.4 is 10.1 Å². The average Bonchev–Trinajstić information content (AvgIpc) is 2.56. The molecule has 2 atom stereocenters. The fraction of sp³-hybridized carbons (Fsp3) is 0.562. The van der Waals surface area contributed by atoms with E-state index in [1.807, 2.05) is 7.05 Å². The number of nitro benzene ring substituents is 1. The number of hydrogen-bond donors (Lipinski definition) is 1. The number of nitrogens with zero attached hydrogens (tertiary/aromatic N) is 2. The summed E-state index contributed by atoms with van der Waals surface area (Å²) >= 11 is 5.79. The molecule has 1 saturated heterocycles. The van der Waals surface area contributed by atoms with Gasteiger partial charge in [0, 0.05) is 24.2 Å². The van der Waals surface area contributed by atoms with Gasteiger partial charge in [-0.05, 0) is 51.4 Å². The molecule has 0 aliphatic carbocycles. The molecule has 25 heavy (non-hydrogen) atoms. The molecule has 0 saturated carbocycles. The Hall–Kier alpha value is -1.57. The van der Waals surface area contributed by atoms with Gasteiger partial charge in [-0.25, -0.2) is 0 Å². The number of nitro groups is 1. The lowest BCUT2D eigenvalue weighted by atomic mass is 9.97. The second kappa shape index (κ2) is 9.79. The van der Waals surface area contributed by atoms with Crippen LogP contribution in [0.5, 0.6) is 5.75 Å². The first kappa shape index (κ1) is 21.5. The Morgan fingerprint density at radius 1 is 1.56 bits per heavy atom. The average molecular weight is 392 g/mol. The molecule has 1 aliphatic rings. The monoisotopic (exact) mass is 391 g/mol. The Bertz CT molecular complexity index is 613. The lowest BCUT2D eigenvalue weighted by molar-refractivity contribution is -0.386. The van der Waals surface area contributed by atoms with Crippen molar-refractivity contribution in [2.24, 2.45) is 5.92 Å². The number of nitrogens with one attached hydrogen (secondary N) is 1. The Kier molecular flexibility index (Phi) is 8.41. The summed E-state index contributed by atoms with van der Waals surface area (Å²) in [5.41, 5.74) is -0.242. The zero-order valence-electron chi connectivity index (χ0n) is 14.2. The molecule has 0 radical (unpaired) electrons. The van der Waals surface area contributed by atoms with Gasteiger partial charge in [0.1, 0.15) is 0 Å². The molecule has 0 spiro atoms. The number of ether oxygens (including phenoxy) is 1. The first-order valence-corrected chi connectivity index (χ1v) is 8.34. The molecular formula is C16H23Cl2N3O4. The molecule has 140 valence electrons. The predicted octanol–water partition coefficient (Wildman–Crippen LogP) is 2.90. The highest BCUT2D eigenvalue weighted by molar-refractivity contribution is 6.30. The topological polar surface area (TPSA) is 84.7 Å². The lowest BCUT2D eigenvalue weighted by Crippen LogP contribution is -2.47. The van der Waals surface area contributed by atoms with E-state index in [0.29, 0.717) is 19.0 Å². The molecule has 9 heteroatoms. The number of carbonyl (C=O) groups excluding carboxylic acids is 1. The summed E-state index contributed by atoms with van der Waals surface area (Å²) in [6, 6.07) is 4.15. The lowest BCUT2D eigenvalue weighted by Gasteiger charge is -2.34. The van der Waals surface area contributed by atoms with E-state index < -0.39 is 11.0 Å². The van der Waals surface area contributed by atoms with Crippen molar-refractivity contribution < 1.29 is 14.5 Å². The molecule has 7 nitrogen and oxygen atoms in total. The van der Waals surface area contributed by atoms with Crippen LogP contribution in [0, 0.1) is 16.0 Å². The van der Waals surface area contributed by atoms with Crippen LogP contribution >= 0.6 is 24.0 Å². The number of likely N-dealkylation sites (tertiary alicyclic amines) is 1. The maximum atomic E-state index is 12.6. The van der Waals surface area contributed by atoms with E-state index in [0.717, 1.165) is 19.4 Å². The van der Waals surface area contributed by atoms with Gasteiger partial charge in [0.05, 0.1) is 4.92 Å². The van der Waals surface area contributed by atoms with Crippen molar-refractivity contribution in [3.8, 4) is 5.75 Å². The summed E-state index contributed by atoms with van der Waals surface area (Å²) < 4.78 is 5.56. The Balaban J connectivity index is 0.00000312. The minimum Gasteiger partial charge on any atom is -0.474 e. The highest BCUT2D eigenvalue weighted by atomic mass is 35.5. The third kappa shape index (κ3) is 5.73. The van der Waals surface area contributed by atoms with Gasteiger partial charge in [-0.3, -0.25) is 14.9 Å². The molecule has 1 N–H and O–H groups in total. The zero-order chi connectivity index (χ0) is 17.7. The van der Waals surface area contributed by atoms with E-state index in [1.165, 1.54) is 18.2 Å². The van der Waals surface area contributed by atoms with Crippen LogP contribution in [0.4, 0.5) is 5.69 Å². The summed E-state index contributed by atoms with van der Waals surface area (Å²) in [6.45, 7) is 3.84. The molecule has 0 bridgehead atoms. The Labute approximate surface area is 158 Å². The Morgan fingerprint density at radius 2 is 2.28 bits per heavy atom. The third-order valence-corrected chi connectivity index (χ3v) is 4.33. The highest BCUT2D eigenvalue weighted by Gasteiger charge is 2.29. The van der Waals surface area contributed by atoms with Crippen LogP contribution in [0.2, 0.25) is 5.02 Å². The predicted molar refractivity (Wildman–Crippen MR) is 98.7 cm³/mol. The van der Waals surface area contributed by atoms with Crippen molar-refractivity contribution in [3.05, 3.63) is 33.3 Å². The van der Waals surface area contributed by atoms with Crippen LogP contribution in [0.3, 0.4) is 0 Å². The molecule has 1 amide bonds. The summed E-state index contributed by atoms with van der Waals surface area (Å²) in [5, 5.41) is 14.5. The fourth-order valence-electron chi connectivity index (χ4n) is 2.95. The van der Waals surface area contributed by atoms with Crippen molar-refractivity contribution in [1.82, 2.24) is 10.2 Å². The smallest absolute Gasteiger partial charge is 0.312 e. The second-order valence-corrected chi connectivity index (χ2v) is 6.42. The third-order valence-electron chi connectivity index (χ3n) is 4.09. The molecular weight excluding hydrogens is 369 g/mol. The van der Waals surface area contributed by atoms with Crippen LogP contribution in [0.1, 0.15) is 19.8 Å². The molecule has 1 aromatic rings. The van der Waals surface area contributed by atoms with Crippen LogP contribution in [0.15, 0.2) is 18.2 Å². The van der Waals surface area contributed by atoms with Crippen LogP contribution in [0.25, 0.3) is 0 Å². The second-order valence-electron chi connectivity index (χ2n) is 5.98. The van der Waals surface area contributed by atoms with Gasteiger partial charge in [-0.15, -0.1) is 12.4 Å². The normalized spacial score (nSPS) is 18.2. The maximum absolute atomic E-state index is 12.6. The van der Waals surface area contributed by atoms with Gasteiger partial charge in [-0.1, -0.05) is 11.6 Å². The van der Waals surface area contributed by atoms with Gasteiger partial charge in [-0.2, -0.15) is 0 Å². The fourth-order valence-corrected chi connectivity index (χ4v) is 3.12. The van der Waals surface area contributed by atoms with Crippen molar-refractivity contribution in [2.45, 2.75) is 25.9 Å². The first-order valence-electron chi connectivity index (χ1n) is 7.96. The number of piperidine rings is 1. The molecule has 1 aromatic carbocycles. The van der Waals surface area contributed by atoms with Gasteiger partial charge < -0.3 is 15.0 Å². The van der Waals surface area contributed by atoms with Gasteiger partial charge in [0.2, 0.25) is 0 Å².